The number of aryl methyl sites for hydroxylation is 1. The molecule has 0 radical (unpaired) electrons. The summed E-state index contributed by atoms with van der Waals surface area (Å²) in [5.74, 6) is -0.232. The van der Waals surface area contributed by atoms with Gasteiger partial charge < -0.3 is 0 Å². The van der Waals surface area contributed by atoms with E-state index in [4.69, 9.17) is 9.15 Å². The van der Waals surface area contributed by atoms with Crippen molar-refractivity contribution in [1.82, 2.24) is 4.98 Å². The zero-order chi connectivity index (χ0) is 12.5. The van der Waals surface area contributed by atoms with Crippen molar-refractivity contribution in [3.05, 3.63) is 46.7 Å². The van der Waals surface area contributed by atoms with Gasteiger partial charge in [0.25, 0.3) is 0 Å². The summed E-state index contributed by atoms with van der Waals surface area (Å²) in [7, 11) is 0. The molecule has 0 aliphatic rings. The van der Waals surface area contributed by atoms with Crippen LogP contribution in [-0.4, -0.2) is 25.5 Å². The molecule has 0 aliphatic carbocycles. The Morgan fingerprint density at radius 3 is 3.06 bits per heavy atom. The summed E-state index contributed by atoms with van der Waals surface area (Å²) in [6.07, 6.45) is 1.46. The van der Waals surface area contributed by atoms with Crippen molar-refractivity contribution in [1.29, 1.82) is 0 Å². The van der Waals surface area contributed by atoms with Crippen molar-refractivity contribution in [3.63, 3.8) is 0 Å². The van der Waals surface area contributed by atoms with Crippen LogP contribution < -0.4 is 4.74 Å². The molecule has 5 heteroatoms. The summed E-state index contributed by atoms with van der Waals surface area (Å²) in [6, 6.07) is 8.73. The third kappa shape index (κ3) is 2.10. The minimum atomic E-state index is -0.431. The number of hydrogen-bond donors (Lipinski definition) is 0. The number of carbonyl (C=O) groups is 1. The summed E-state index contributed by atoms with van der Waals surface area (Å²) in [4.78, 5) is 16.3. The summed E-state index contributed by atoms with van der Waals surface area (Å²) in [5, 5.41) is 0. The van der Waals surface area contributed by atoms with E-state index < -0.39 is 5.97 Å². The van der Waals surface area contributed by atoms with Crippen LogP contribution in [0.4, 0.5) is 0 Å². The molecule has 2 heterocycles. The molecule has 2 aromatic heterocycles. The third-order valence-corrected chi connectivity index (χ3v) is 4.42. The molecule has 18 heavy (non-hydrogen) atoms. The Kier molecular flexibility index (Phi) is 2.78. The molecule has 4 nitrogen and oxygen atoms in total. The number of aromatic nitrogens is 1. The van der Waals surface area contributed by atoms with E-state index in [0.717, 1.165) is 10.1 Å². The van der Waals surface area contributed by atoms with Crippen molar-refractivity contribution in [2.75, 3.05) is 0 Å². The van der Waals surface area contributed by atoms with Crippen LogP contribution in [0.15, 0.2) is 41.0 Å². The number of furan rings is 1. The van der Waals surface area contributed by atoms with Crippen LogP contribution in [0.5, 0.6) is 5.95 Å². The van der Waals surface area contributed by atoms with Crippen molar-refractivity contribution in [2.45, 2.75) is 6.92 Å². The van der Waals surface area contributed by atoms with Gasteiger partial charge in [-0.3, -0.25) is 0 Å². The average molecular weight is 306 g/mol. The molecule has 90 valence electrons. The van der Waals surface area contributed by atoms with Crippen molar-refractivity contribution in [2.24, 2.45) is 0 Å². The van der Waals surface area contributed by atoms with Gasteiger partial charge in [0.15, 0.2) is 0 Å². The van der Waals surface area contributed by atoms with Gasteiger partial charge in [0, 0.05) is 0 Å². The van der Waals surface area contributed by atoms with Crippen LogP contribution in [0, 0.1) is 6.92 Å². The number of hydrogen-bond acceptors (Lipinski definition) is 4. The number of ether oxygens (including phenoxy) is 1. The SMILES string of the molecule is Cc1nc2cc(C(=O)Oc3ccco3)ccc2[se]1. The van der Waals surface area contributed by atoms with Crippen molar-refractivity contribution < 1.29 is 13.9 Å². The van der Waals surface area contributed by atoms with Crippen molar-refractivity contribution >= 4 is 30.2 Å². The summed E-state index contributed by atoms with van der Waals surface area (Å²) in [6.45, 7) is 2.00. The van der Waals surface area contributed by atoms with Crippen LogP contribution >= 0.6 is 0 Å². The number of benzene rings is 1. The number of carbonyl (C=O) groups excluding carboxylic acids is 1. The number of rotatable bonds is 2. The monoisotopic (exact) mass is 307 g/mol. The van der Waals surface area contributed by atoms with E-state index in [-0.39, 0.29) is 5.95 Å². The number of nitrogens with zero attached hydrogens (tertiary/aromatic N) is 1. The predicted octanol–water partition coefficient (Wildman–Crippen LogP) is 2.41. The quantitative estimate of drug-likeness (QED) is 0.539. The van der Waals surface area contributed by atoms with E-state index in [1.54, 1.807) is 24.3 Å². The molecule has 0 atom stereocenters. The fourth-order valence-corrected chi connectivity index (χ4v) is 3.34. The molecule has 0 N–H and O–H groups in total. The first kappa shape index (κ1) is 11.3. The summed E-state index contributed by atoms with van der Waals surface area (Å²) < 4.78 is 12.4. The van der Waals surface area contributed by atoms with Gasteiger partial charge in [0.05, 0.1) is 0 Å². The second-order valence-electron chi connectivity index (χ2n) is 3.74. The average Bonchev–Trinajstić information content (AvgIpc) is 2.95. The third-order valence-electron chi connectivity index (χ3n) is 2.42. The second-order valence-corrected chi connectivity index (χ2v) is 6.33. The van der Waals surface area contributed by atoms with Gasteiger partial charge in [-0.1, -0.05) is 0 Å². The summed E-state index contributed by atoms with van der Waals surface area (Å²) in [5.41, 5.74) is 1.36. The molecular weight excluding hydrogens is 297 g/mol. The molecule has 0 aliphatic heterocycles. The van der Waals surface area contributed by atoms with Crippen LogP contribution in [0.3, 0.4) is 0 Å². The van der Waals surface area contributed by atoms with E-state index in [2.05, 4.69) is 4.98 Å². The second kappa shape index (κ2) is 4.44. The topological polar surface area (TPSA) is 52.3 Å². The minimum absolute atomic E-state index is 0.199. The molecule has 3 aromatic rings. The first-order valence-corrected chi connectivity index (χ1v) is 7.06. The normalized spacial score (nSPS) is 10.7. The fourth-order valence-electron chi connectivity index (χ4n) is 1.64. The Bertz CT molecular complexity index is 700. The van der Waals surface area contributed by atoms with Gasteiger partial charge in [0.1, 0.15) is 0 Å². The van der Waals surface area contributed by atoms with Crippen molar-refractivity contribution in [3.8, 4) is 5.95 Å². The first-order valence-electron chi connectivity index (χ1n) is 5.35. The van der Waals surface area contributed by atoms with Gasteiger partial charge in [-0.2, -0.15) is 0 Å². The van der Waals surface area contributed by atoms with Gasteiger partial charge in [-0.15, -0.1) is 0 Å². The molecular formula is C13H9NO3Se. The molecule has 0 amide bonds. The zero-order valence-corrected chi connectivity index (χ0v) is 11.3. The summed E-state index contributed by atoms with van der Waals surface area (Å²) >= 11 is 0.290. The molecule has 1 aromatic carbocycles. The van der Waals surface area contributed by atoms with Gasteiger partial charge in [-0.25, -0.2) is 0 Å². The van der Waals surface area contributed by atoms with E-state index in [0.29, 0.717) is 20.1 Å². The maximum absolute atomic E-state index is 11.9. The van der Waals surface area contributed by atoms with E-state index in [1.165, 1.54) is 10.5 Å². The Hall–Kier alpha value is -1.84. The van der Waals surface area contributed by atoms with Gasteiger partial charge in [-0.05, 0) is 0 Å². The Morgan fingerprint density at radius 2 is 2.28 bits per heavy atom. The van der Waals surface area contributed by atoms with Crippen LogP contribution in [0.1, 0.15) is 14.9 Å². The van der Waals surface area contributed by atoms with E-state index in [1.807, 2.05) is 13.0 Å². The van der Waals surface area contributed by atoms with Gasteiger partial charge in [0.2, 0.25) is 0 Å². The van der Waals surface area contributed by atoms with Crippen LogP contribution in [0.2, 0.25) is 0 Å². The Balaban J connectivity index is 1.91. The fraction of sp³-hybridized carbons (Fsp3) is 0.0769. The molecule has 0 saturated heterocycles. The molecule has 0 unspecified atom stereocenters. The number of esters is 1. The Morgan fingerprint density at radius 1 is 1.39 bits per heavy atom. The van der Waals surface area contributed by atoms with Crippen LogP contribution in [0.25, 0.3) is 9.78 Å². The standard InChI is InChI=1S/C13H9NO3Se/c1-8-14-10-7-9(4-5-11(10)18-8)13(15)17-12-3-2-6-16-12/h2-7H,1H3. The molecule has 0 fully saturated rings. The molecule has 0 saturated carbocycles. The van der Waals surface area contributed by atoms with Crippen LogP contribution in [-0.2, 0) is 0 Å². The first-order chi connectivity index (χ1) is 8.72. The van der Waals surface area contributed by atoms with Gasteiger partial charge >= 0.3 is 109 Å². The molecule has 3 rings (SSSR count). The Labute approximate surface area is 109 Å². The molecule has 0 spiro atoms. The predicted molar refractivity (Wildman–Crippen MR) is 67.1 cm³/mol. The van der Waals surface area contributed by atoms with E-state index in [9.17, 15) is 4.79 Å². The maximum atomic E-state index is 11.9. The van der Waals surface area contributed by atoms with E-state index >= 15 is 0 Å². The zero-order valence-electron chi connectivity index (χ0n) is 9.54. The number of fused-ring (bicyclic) bond motifs is 1. The molecule has 0 bridgehead atoms.